The molecule has 0 saturated heterocycles. The number of aliphatic hydroxyl groups is 1. The largest absolute Gasteiger partial charge is 0.756 e. The van der Waals surface area contributed by atoms with E-state index in [0.717, 1.165) is 25.7 Å². The van der Waals surface area contributed by atoms with Crippen LogP contribution < -0.4 is 10.2 Å². The summed E-state index contributed by atoms with van der Waals surface area (Å²) in [6.45, 7) is 4.62. The van der Waals surface area contributed by atoms with Crippen LogP contribution in [0.5, 0.6) is 0 Å². The molecule has 342 valence electrons. The van der Waals surface area contributed by atoms with Crippen molar-refractivity contribution < 1.29 is 32.9 Å². The Morgan fingerprint density at radius 1 is 0.603 bits per heavy atom. The van der Waals surface area contributed by atoms with E-state index in [1.807, 2.05) is 39.4 Å². The van der Waals surface area contributed by atoms with Gasteiger partial charge in [0.15, 0.2) is 0 Å². The third-order valence-electron chi connectivity index (χ3n) is 10.9. The van der Waals surface area contributed by atoms with E-state index in [1.54, 1.807) is 0 Å². The van der Waals surface area contributed by atoms with Crippen LogP contribution in [0.3, 0.4) is 0 Å². The number of aliphatic hydroxyl groups excluding tert-OH is 1. The first-order valence-electron chi connectivity index (χ1n) is 24.3. The maximum Gasteiger partial charge on any atom is 0.268 e. The zero-order chi connectivity index (χ0) is 42.8. The number of allylic oxidation sites excluding steroid dienone is 4. The number of carbonyl (C=O) groups is 1. The first kappa shape index (κ1) is 56.7. The van der Waals surface area contributed by atoms with Gasteiger partial charge in [0.1, 0.15) is 13.2 Å². The van der Waals surface area contributed by atoms with Gasteiger partial charge in [-0.2, -0.15) is 0 Å². The van der Waals surface area contributed by atoms with Crippen molar-refractivity contribution in [1.29, 1.82) is 0 Å². The lowest BCUT2D eigenvalue weighted by Crippen LogP contribution is -2.46. The fourth-order valence-corrected chi connectivity index (χ4v) is 7.71. The number of unbranched alkanes of at least 4 members (excludes halogenated alkanes) is 27. The highest BCUT2D eigenvalue weighted by Crippen LogP contribution is 2.38. The predicted molar refractivity (Wildman–Crippen MR) is 247 cm³/mol. The Kier molecular flexibility index (Phi) is 40.2. The van der Waals surface area contributed by atoms with Crippen molar-refractivity contribution in [2.75, 3.05) is 40.9 Å². The highest BCUT2D eigenvalue weighted by atomic mass is 31.2. The van der Waals surface area contributed by atoms with Gasteiger partial charge in [0.05, 0.1) is 39.9 Å². The monoisotopic (exact) mass is 839 g/mol. The molecular weight excluding hydrogens is 744 g/mol. The van der Waals surface area contributed by atoms with Gasteiger partial charge in [-0.25, -0.2) is 0 Å². The molecule has 0 radical (unpaired) electrons. The smallest absolute Gasteiger partial charge is 0.268 e. The number of hydrogen-bond donors (Lipinski definition) is 2. The molecule has 0 aliphatic carbocycles. The Hall–Kier alpha value is -1.28. The second-order valence-corrected chi connectivity index (χ2v) is 19.2. The quantitative estimate of drug-likeness (QED) is 0.0274. The molecule has 0 aliphatic heterocycles. The Balaban J connectivity index is 4.35. The van der Waals surface area contributed by atoms with Gasteiger partial charge in [-0.15, -0.1) is 0 Å². The number of rotatable bonds is 44. The van der Waals surface area contributed by atoms with Gasteiger partial charge < -0.3 is 28.8 Å². The second kappa shape index (κ2) is 41.1. The Morgan fingerprint density at radius 2 is 1.00 bits per heavy atom. The molecule has 0 aromatic heterocycles. The van der Waals surface area contributed by atoms with Gasteiger partial charge in [-0.1, -0.05) is 211 Å². The van der Waals surface area contributed by atoms with Crippen molar-refractivity contribution in [3.63, 3.8) is 0 Å². The Bertz CT molecular complexity index is 1040. The summed E-state index contributed by atoms with van der Waals surface area (Å²) in [5.41, 5.74) is 0. The molecule has 0 aromatic carbocycles. The van der Waals surface area contributed by atoms with E-state index < -0.39 is 26.6 Å². The van der Waals surface area contributed by atoms with Crippen LogP contribution in [0, 0.1) is 0 Å². The van der Waals surface area contributed by atoms with Gasteiger partial charge in [0.2, 0.25) is 5.91 Å². The van der Waals surface area contributed by atoms with Crippen LogP contribution in [0.2, 0.25) is 0 Å². The average Bonchev–Trinajstić information content (AvgIpc) is 3.17. The third kappa shape index (κ3) is 42.8. The first-order chi connectivity index (χ1) is 28.0. The molecule has 0 rings (SSSR count). The number of hydrogen-bond acceptors (Lipinski definition) is 6. The Labute approximate surface area is 359 Å². The highest BCUT2D eigenvalue weighted by molar-refractivity contribution is 7.45. The minimum atomic E-state index is -4.60. The normalized spacial score (nSPS) is 14.5. The minimum absolute atomic E-state index is 0.00959. The van der Waals surface area contributed by atoms with Crippen molar-refractivity contribution in [2.24, 2.45) is 0 Å². The molecule has 3 atom stereocenters. The summed E-state index contributed by atoms with van der Waals surface area (Å²) in [7, 11) is 1.23. The molecule has 0 aliphatic rings. The number of quaternary nitrogens is 1. The summed E-state index contributed by atoms with van der Waals surface area (Å²) in [5, 5.41) is 13.8. The first-order valence-corrected chi connectivity index (χ1v) is 25.8. The fraction of sp³-hybridized carbons (Fsp3) is 0.857. The minimum Gasteiger partial charge on any atom is -0.756 e. The number of amides is 1. The predicted octanol–water partition coefficient (Wildman–Crippen LogP) is 13.2. The maximum absolute atomic E-state index is 12.8. The van der Waals surface area contributed by atoms with Gasteiger partial charge in [0.25, 0.3) is 7.82 Å². The summed E-state index contributed by atoms with van der Waals surface area (Å²) >= 11 is 0. The molecule has 0 saturated carbocycles. The van der Waals surface area contributed by atoms with E-state index in [9.17, 15) is 19.4 Å². The standard InChI is InChI=1S/C49H95N2O6P/c1-6-8-10-12-14-16-18-20-21-22-23-24-25-26-27-28-29-31-33-35-37-39-41-43-49(53)50-47(46-57-58(54,55)56-45-44-51(3,4)5)48(52)42-40-38-36-34-32-30-19-17-15-13-11-9-7-2/h33,35,38-41,47-48,52H,6-32,34,36-37,42-46H2,1-5H3,(H-,50,53,54,55)/t47-,48+/m0/s1. The summed E-state index contributed by atoms with van der Waals surface area (Å²) in [4.78, 5) is 25.3. The summed E-state index contributed by atoms with van der Waals surface area (Å²) in [5.74, 6) is -0.294. The van der Waals surface area contributed by atoms with Crippen molar-refractivity contribution in [1.82, 2.24) is 5.32 Å². The van der Waals surface area contributed by atoms with Crippen molar-refractivity contribution >= 4 is 13.7 Å². The fourth-order valence-electron chi connectivity index (χ4n) is 6.98. The highest BCUT2D eigenvalue weighted by Gasteiger charge is 2.23. The summed E-state index contributed by atoms with van der Waals surface area (Å²) < 4.78 is 23.2. The number of phosphoric ester groups is 1. The van der Waals surface area contributed by atoms with Crippen LogP contribution in [-0.2, 0) is 18.4 Å². The zero-order valence-corrected chi connectivity index (χ0v) is 39.6. The molecule has 9 heteroatoms. The van der Waals surface area contributed by atoms with Gasteiger partial charge in [-0.3, -0.25) is 9.36 Å². The van der Waals surface area contributed by atoms with Crippen LogP contribution >= 0.6 is 7.82 Å². The van der Waals surface area contributed by atoms with Crippen LogP contribution in [0.25, 0.3) is 0 Å². The van der Waals surface area contributed by atoms with E-state index in [2.05, 4.69) is 37.4 Å². The summed E-state index contributed by atoms with van der Waals surface area (Å²) in [6, 6.07) is -0.892. The molecule has 2 N–H and O–H groups in total. The van der Waals surface area contributed by atoms with Gasteiger partial charge in [-0.05, 0) is 38.5 Å². The van der Waals surface area contributed by atoms with Crippen molar-refractivity contribution in [3.8, 4) is 0 Å². The molecule has 1 unspecified atom stereocenters. The Morgan fingerprint density at radius 3 is 1.43 bits per heavy atom. The molecular formula is C49H95N2O6P. The molecule has 58 heavy (non-hydrogen) atoms. The number of likely N-dealkylation sites (N-methyl/N-ethyl adjacent to an activating group) is 1. The van der Waals surface area contributed by atoms with Crippen LogP contribution in [0.4, 0.5) is 0 Å². The zero-order valence-electron chi connectivity index (χ0n) is 38.8. The summed E-state index contributed by atoms with van der Waals surface area (Å²) in [6.07, 6.45) is 50.8. The number of phosphoric acid groups is 1. The average molecular weight is 839 g/mol. The lowest BCUT2D eigenvalue weighted by Gasteiger charge is -2.29. The third-order valence-corrected chi connectivity index (χ3v) is 11.9. The van der Waals surface area contributed by atoms with Crippen LogP contribution in [0.1, 0.15) is 219 Å². The number of carbonyl (C=O) groups excluding carboxylic acids is 1. The van der Waals surface area contributed by atoms with Gasteiger partial charge in [0, 0.05) is 6.42 Å². The van der Waals surface area contributed by atoms with Gasteiger partial charge >= 0.3 is 0 Å². The van der Waals surface area contributed by atoms with E-state index in [0.29, 0.717) is 11.0 Å². The number of nitrogens with zero attached hydrogens (tertiary/aromatic N) is 1. The molecule has 0 fully saturated rings. The molecule has 0 aromatic rings. The lowest BCUT2D eigenvalue weighted by molar-refractivity contribution is -0.870. The van der Waals surface area contributed by atoms with E-state index in [1.165, 1.54) is 167 Å². The topological polar surface area (TPSA) is 108 Å². The molecule has 0 bridgehead atoms. The molecule has 1 amide bonds. The van der Waals surface area contributed by atoms with Crippen molar-refractivity contribution in [3.05, 3.63) is 36.5 Å². The number of nitrogens with one attached hydrogen (secondary N) is 1. The molecule has 0 heterocycles. The molecule has 8 nitrogen and oxygen atoms in total. The van der Waals surface area contributed by atoms with Crippen LogP contribution in [-0.4, -0.2) is 68.5 Å². The van der Waals surface area contributed by atoms with E-state index >= 15 is 0 Å². The van der Waals surface area contributed by atoms with Crippen LogP contribution in [0.15, 0.2) is 36.5 Å². The lowest BCUT2D eigenvalue weighted by atomic mass is 10.0. The van der Waals surface area contributed by atoms with E-state index in [4.69, 9.17) is 9.05 Å². The van der Waals surface area contributed by atoms with E-state index in [-0.39, 0.29) is 25.4 Å². The second-order valence-electron chi connectivity index (χ2n) is 17.8. The van der Waals surface area contributed by atoms with Crippen molar-refractivity contribution in [2.45, 2.75) is 231 Å². The maximum atomic E-state index is 12.8. The SMILES string of the molecule is CCCCCCCCCCCCC=CC[C@@H](O)[C@H](COP(=O)([O-])OCC[N+](C)(C)C)NC(=O)CC=CCC=CCCCCCCCCCCCCCCCCCCC. The molecule has 0 spiro atoms.